The predicted molar refractivity (Wildman–Crippen MR) is 130 cm³/mol. The van der Waals surface area contributed by atoms with Gasteiger partial charge in [0.2, 0.25) is 11.7 Å². The van der Waals surface area contributed by atoms with E-state index in [9.17, 15) is 4.79 Å². The molecule has 5 aromatic rings. The molecule has 0 radical (unpaired) electrons. The second-order valence-electron chi connectivity index (χ2n) is 8.49. The van der Waals surface area contributed by atoms with E-state index in [-0.39, 0.29) is 11.9 Å². The highest BCUT2D eigenvalue weighted by Crippen LogP contribution is 2.35. The van der Waals surface area contributed by atoms with Crippen molar-refractivity contribution in [2.75, 3.05) is 17.3 Å². The van der Waals surface area contributed by atoms with E-state index in [0.717, 1.165) is 39.1 Å². The Kier molecular flexibility index (Phi) is 4.65. The van der Waals surface area contributed by atoms with Crippen LogP contribution in [0.25, 0.3) is 33.9 Å². The summed E-state index contributed by atoms with van der Waals surface area (Å²) in [6.45, 7) is 2.56. The van der Waals surface area contributed by atoms with Crippen LogP contribution in [0.1, 0.15) is 12.5 Å². The molecule has 0 saturated carbocycles. The van der Waals surface area contributed by atoms with Gasteiger partial charge in [-0.3, -0.25) is 4.79 Å². The fourth-order valence-corrected chi connectivity index (χ4v) is 4.30. The molecule has 1 N–H and O–H groups in total. The van der Waals surface area contributed by atoms with E-state index in [0.29, 0.717) is 18.3 Å². The van der Waals surface area contributed by atoms with Crippen molar-refractivity contribution in [2.24, 2.45) is 0 Å². The van der Waals surface area contributed by atoms with Crippen LogP contribution < -0.4 is 10.2 Å². The summed E-state index contributed by atoms with van der Waals surface area (Å²) in [6.07, 6.45) is 1.86. The van der Waals surface area contributed by atoms with Gasteiger partial charge in [-0.05, 0) is 48.9 Å². The Morgan fingerprint density at radius 3 is 2.82 bits per heavy atom. The molecule has 0 fully saturated rings. The van der Waals surface area contributed by atoms with Crippen molar-refractivity contribution < 1.29 is 9.32 Å². The Balaban J connectivity index is 1.28. The van der Waals surface area contributed by atoms with Crippen LogP contribution in [0.3, 0.4) is 0 Å². The van der Waals surface area contributed by atoms with E-state index < -0.39 is 0 Å². The fraction of sp³-hybridized carbons (Fsp3) is 0.154. The minimum atomic E-state index is -0.221. The smallest absolute Gasteiger partial charge is 0.258 e. The number of hydrogen-bond donors (Lipinski definition) is 1. The minimum Gasteiger partial charge on any atom is -0.361 e. The van der Waals surface area contributed by atoms with E-state index in [1.165, 1.54) is 0 Å². The molecule has 2 aromatic heterocycles. The number of para-hydroxylation sites is 2. The van der Waals surface area contributed by atoms with Crippen LogP contribution in [0.15, 0.2) is 77.6 Å². The maximum atomic E-state index is 12.2. The van der Waals surface area contributed by atoms with Crippen LogP contribution in [0.5, 0.6) is 0 Å². The molecule has 6 rings (SSSR count). The molecule has 1 aliphatic rings. The molecule has 8 nitrogen and oxygen atoms in total. The Morgan fingerprint density at radius 2 is 1.91 bits per heavy atom. The van der Waals surface area contributed by atoms with Crippen LogP contribution in [-0.4, -0.2) is 38.7 Å². The van der Waals surface area contributed by atoms with Crippen molar-refractivity contribution >= 4 is 28.3 Å². The summed E-state index contributed by atoms with van der Waals surface area (Å²) in [5.41, 5.74) is 6.49. The number of benzene rings is 3. The van der Waals surface area contributed by atoms with E-state index in [1.807, 2.05) is 73.7 Å². The number of nitrogens with one attached hydrogen (secondary N) is 1. The zero-order valence-electron chi connectivity index (χ0n) is 18.8. The molecule has 1 aliphatic heterocycles. The highest BCUT2D eigenvalue weighted by Gasteiger charge is 2.27. The fourth-order valence-electron chi connectivity index (χ4n) is 4.30. The third-order valence-corrected chi connectivity index (χ3v) is 6.33. The van der Waals surface area contributed by atoms with Gasteiger partial charge in [0.15, 0.2) is 0 Å². The first-order valence-corrected chi connectivity index (χ1v) is 11.1. The van der Waals surface area contributed by atoms with Gasteiger partial charge in [-0.2, -0.15) is 4.98 Å². The highest BCUT2D eigenvalue weighted by molar-refractivity contribution is 6.03. The second-order valence-corrected chi connectivity index (χ2v) is 8.49. The third kappa shape index (κ3) is 3.40. The van der Waals surface area contributed by atoms with Crippen molar-refractivity contribution in [1.29, 1.82) is 0 Å². The molecule has 0 aliphatic carbocycles. The lowest BCUT2D eigenvalue weighted by atomic mass is 10.1. The van der Waals surface area contributed by atoms with E-state index in [1.54, 1.807) is 0 Å². The number of likely N-dealkylation sites (N-methyl/N-ethyl adjacent to an activating group) is 1. The van der Waals surface area contributed by atoms with Crippen LogP contribution >= 0.6 is 0 Å². The predicted octanol–water partition coefficient (Wildman–Crippen LogP) is 4.58. The SMILES string of the molecule is CC1C(=O)Nc2cc(-c3nc(-c4cccc(Cn5cnc6ccccc65)c4)no3)ccc2N1C. The molecule has 1 atom stereocenters. The number of imidazole rings is 1. The number of hydrogen-bond acceptors (Lipinski definition) is 6. The zero-order valence-corrected chi connectivity index (χ0v) is 18.8. The monoisotopic (exact) mass is 450 g/mol. The minimum absolute atomic E-state index is 0.0409. The number of carbonyl (C=O) groups excluding carboxylic acids is 1. The van der Waals surface area contributed by atoms with Gasteiger partial charge in [-0.1, -0.05) is 35.5 Å². The molecule has 1 amide bonds. The topological polar surface area (TPSA) is 89.1 Å². The normalized spacial score (nSPS) is 15.4. The summed E-state index contributed by atoms with van der Waals surface area (Å²) in [4.78, 5) is 23.3. The largest absolute Gasteiger partial charge is 0.361 e. The number of carbonyl (C=O) groups is 1. The lowest BCUT2D eigenvalue weighted by molar-refractivity contribution is -0.117. The third-order valence-electron chi connectivity index (χ3n) is 6.33. The van der Waals surface area contributed by atoms with Gasteiger partial charge >= 0.3 is 0 Å². The molecule has 0 bridgehead atoms. The summed E-state index contributed by atoms with van der Waals surface area (Å²) in [5, 5.41) is 7.15. The first-order valence-electron chi connectivity index (χ1n) is 11.1. The van der Waals surface area contributed by atoms with Gasteiger partial charge in [-0.15, -0.1) is 0 Å². The summed E-state index contributed by atoms with van der Waals surface area (Å²) in [6, 6.07) is 21.7. The van der Waals surface area contributed by atoms with Crippen molar-refractivity contribution in [3.05, 3.63) is 78.6 Å². The van der Waals surface area contributed by atoms with Crippen LogP contribution in [-0.2, 0) is 11.3 Å². The lowest BCUT2D eigenvalue weighted by Crippen LogP contribution is -2.43. The Bertz CT molecular complexity index is 1540. The van der Waals surface area contributed by atoms with Crippen molar-refractivity contribution in [1.82, 2.24) is 19.7 Å². The van der Waals surface area contributed by atoms with Gasteiger partial charge in [0.1, 0.15) is 6.04 Å². The standard InChI is InChI=1S/C26H22N6O2/c1-16-25(33)28-21-13-19(10-11-22(21)31(16)2)26-29-24(30-34-26)18-7-5-6-17(12-18)14-32-15-27-20-8-3-4-9-23(20)32/h3-13,15-16H,14H2,1-2H3,(H,28,33). The molecule has 8 heteroatoms. The van der Waals surface area contributed by atoms with Gasteiger partial charge in [0, 0.05) is 24.7 Å². The number of rotatable bonds is 4. The van der Waals surface area contributed by atoms with Crippen molar-refractivity contribution in [3.8, 4) is 22.8 Å². The molecule has 3 aromatic carbocycles. The lowest BCUT2D eigenvalue weighted by Gasteiger charge is -2.33. The van der Waals surface area contributed by atoms with E-state index in [2.05, 4.69) is 43.2 Å². The van der Waals surface area contributed by atoms with E-state index >= 15 is 0 Å². The second kappa shape index (κ2) is 7.84. The maximum Gasteiger partial charge on any atom is 0.258 e. The summed E-state index contributed by atoms with van der Waals surface area (Å²) >= 11 is 0. The molecule has 34 heavy (non-hydrogen) atoms. The average molecular weight is 451 g/mol. The summed E-state index contributed by atoms with van der Waals surface area (Å²) in [5.74, 6) is 0.875. The Hall–Kier alpha value is -4.46. The zero-order chi connectivity index (χ0) is 23.2. The molecule has 1 unspecified atom stereocenters. The average Bonchev–Trinajstić information content (AvgIpc) is 3.51. The molecule has 3 heterocycles. The number of nitrogens with zero attached hydrogens (tertiary/aromatic N) is 5. The molecular weight excluding hydrogens is 428 g/mol. The Morgan fingerprint density at radius 1 is 1.03 bits per heavy atom. The van der Waals surface area contributed by atoms with Gasteiger partial charge in [0.05, 0.1) is 28.7 Å². The van der Waals surface area contributed by atoms with Crippen LogP contribution in [0.2, 0.25) is 0 Å². The van der Waals surface area contributed by atoms with Crippen molar-refractivity contribution in [3.63, 3.8) is 0 Å². The molecular formula is C26H22N6O2. The van der Waals surface area contributed by atoms with Crippen LogP contribution in [0, 0.1) is 0 Å². The summed E-state index contributed by atoms with van der Waals surface area (Å²) < 4.78 is 7.69. The molecule has 0 saturated heterocycles. The maximum absolute atomic E-state index is 12.2. The number of anilines is 2. The number of amides is 1. The first-order chi connectivity index (χ1) is 16.6. The molecule has 0 spiro atoms. The number of fused-ring (bicyclic) bond motifs is 2. The van der Waals surface area contributed by atoms with Gasteiger partial charge < -0.3 is 19.3 Å². The van der Waals surface area contributed by atoms with Gasteiger partial charge in [-0.25, -0.2) is 4.98 Å². The van der Waals surface area contributed by atoms with Crippen LogP contribution in [0.4, 0.5) is 11.4 Å². The van der Waals surface area contributed by atoms with Crippen molar-refractivity contribution in [2.45, 2.75) is 19.5 Å². The van der Waals surface area contributed by atoms with E-state index in [4.69, 9.17) is 4.52 Å². The summed E-state index contributed by atoms with van der Waals surface area (Å²) in [7, 11) is 1.91. The molecule has 168 valence electrons. The first kappa shape index (κ1) is 20.2. The Labute approximate surface area is 195 Å². The number of aromatic nitrogens is 4. The van der Waals surface area contributed by atoms with Gasteiger partial charge in [0.25, 0.3) is 5.89 Å². The highest BCUT2D eigenvalue weighted by atomic mass is 16.5. The quantitative estimate of drug-likeness (QED) is 0.431.